The van der Waals surface area contributed by atoms with Crippen LogP contribution in [0, 0.1) is 5.82 Å². The number of nitrogens with one attached hydrogen (secondary N) is 2. The lowest BCUT2D eigenvalue weighted by Crippen LogP contribution is -2.36. The van der Waals surface area contributed by atoms with Gasteiger partial charge in [-0.3, -0.25) is 4.99 Å². The fourth-order valence-corrected chi connectivity index (χ4v) is 2.73. The SMILES string of the molecule is CN=C(NCc1nc(C(F)(F)F)cs1)NCc1c(F)cccc1OC(F)F.I. The van der Waals surface area contributed by atoms with E-state index in [1.54, 1.807) is 0 Å². The summed E-state index contributed by atoms with van der Waals surface area (Å²) in [6, 6.07) is 3.50. The Morgan fingerprint density at radius 2 is 1.93 bits per heavy atom. The topological polar surface area (TPSA) is 58.5 Å². The lowest BCUT2D eigenvalue weighted by Gasteiger charge is -2.14. The molecule has 0 aliphatic rings. The molecule has 0 fully saturated rings. The van der Waals surface area contributed by atoms with Gasteiger partial charge in [-0.1, -0.05) is 6.07 Å². The molecule has 0 unspecified atom stereocenters. The molecule has 2 rings (SSSR count). The minimum absolute atomic E-state index is 0. The highest BCUT2D eigenvalue weighted by Gasteiger charge is 2.33. The van der Waals surface area contributed by atoms with Gasteiger partial charge in [-0.15, -0.1) is 35.3 Å². The number of rotatable bonds is 6. The van der Waals surface area contributed by atoms with Crippen LogP contribution in [0.4, 0.5) is 26.3 Å². The van der Waals surface area contributed by atoms with Gasteiger partial charge in [-0.25, -0.2) is 9.37 Å². The van der Waals surface area contributed by atoms with E-state index >= 15 is 0 Å². The Balaban J connectivity index is 0.00000392. The number of thiazole rings is 1. The maximum Gasteiger partial charge on any atom is 0.434 e. The number of aliphatic imine (C=N–C) groups is 1. The zero-order valence-corrected chi connectivity index (χ0v) is 17.3. The van der Waals surface area contributed by atoms with Crippen molar-refractivity contribution in [3.05, 3.63) is 45.7 Å². The first-order valence-electron chi connectivity index (χ1n) is 7.39. The van der Waals surface area contributed by atoms with E-state index < -0.39 is 24.3 Å². The second-order valence-electron chi connectivity index (χ2n) is 5.00. The van der Waals surface area contributed by atoms with Gasteiger partial charge >= 0.3 is 12.8 Å². The molecular formula is C15H15F6IN4OS. The smallest absolute Gasteiger partial charge is 0.434 e. The highest BCUT2D eigenvalue weighted by Crippen LogP contribution is 2.30. The minimum Gasteiger partial charge on any atom is -0.434 e. The molecule has 156 valence electrons. The van der Waals surface area contributed by atoms with Crippen molar-refractivity contribution >= 4 is 41.3 Å². The van der Waals surface area contributed by atoms with Crippen molar-refractivity contribution < 1.29 is 31.1 Å². The summed E-state index contributed by atoms with van der Waals surface area (Å²) < 4.78 is 80.5. The van der Waals surface area contributed by atoms with Crippen LogP contribution in [0.25, 0.3) is 0 Å². The van der Waals surface area contributed by atoms with Gasteiger partial charge in [0.05, 0.1) is 6.54 Å². The standard InChI is InChI=1S/C15H14F6N4OS.HI/c1-22-14(24-6-12-25-11(7-27-12)15(19,20)21)23-5-8-9(16)3-2-4-10(8)26-13(17)18;/h2-4,7,13H,5-6H2,1H3,(H2,22,23,24);1H. The highest BCUT2D eigenvalue weighted by atomic mass is 127. The lowest BCUT2D eigenvalue weighted by molar-refractivity contribution is -0.140. The van der Waals surface area contributed by atoms with Crippen LogP contribution in [0.15, 0.2) is 28.6 Å². The van der Waals surface area contributed by atoms with Gasteiger partial charge in [0.15, 0.2) is 11.7 Å². The van der Waals surface area contributed by atoms with Crippen molar-refractivity contribution in [1.82, 2.24) is 15.6 Å². The summed E-state index contributed by atoms with van der Waals surface area (Å²) in [4.78, 5) is 7.28. The van der Waals surface area contributed by atoms with Crippen LogP contribution >= 0.6 is 35.3 Å². The Hall–Kier alpha value is -1.77. The first kappa shape index (κ1) is 24.3. The van der Waals surface area contributed by atoms with Crippen molar-refractivity contribution in [3.8, 4) is 5.75 Å². The van der Waals surface area contributed by atoms with Crippen molar-refractivity contribution in [2.45, 2.75) is 25.9 Å². The second-order valence-corrected chi connectivity index (χ2v) is 5.94. The highest BCUT2D eigenvalue weighted by molar-refractivity contribution is 14.0. The largest absolute Gasteiger partial charge is 0.434 e. The van der Waals surface area contributed by atoms with Crippen LogP contribution in [0.1, 0.15) is 16.3 Å². The van der Waals surface area contributed by atoms with Gasteiger partial charge in [-0.05, 0) is 12.1 Å². The van der Waals surface area contributed by atoms with Crippen LogP contribution in [0.5, 0.6) is 5.75 Å². The number of ether oxygens (including phenoxy) is 1. The van der Waals surface area contributed by atoms with Crippen molar-refractivity contribution in [2.24, 2.45) is 4.99 Å². The summed E-state index contributed by atoms with van der Waals surface area (Å²) in [7, 11) is 1.39. The van der Waals surface area contributed by atoms with Gasteiger partial charge in [-0.2, -0.15) is 22.0 Å². The molecule has 1 aromatic carbocycles. The molecule has 0 bridgehead atoms. The summed E-state index contributed by atoms with van der Waals surface area (Å²) >= 11 is 0.815. The quantitative estimate of drug-likeness (QED) is 0.247. The molecule has 0 amide bonds. The van der Waals surface area contributed by atoms with E-state index in [2.05, 4.69) is 25.3 Å². The average Bonchev–Trinajstić information content (AvgIpc) is 3.05. The van der Waals surface area contributed by atoms with Crippen molar-refractivity contribution in [1.29, 1.82) is 0 Å². The van der Waals surface area contributed by atoms with Crippen LogP contribution < -0.4 is 15.4 Å². The Bertz CT molecular complexity index is 799. The molecule has 0 aliphatic heterocycles. The summed E-state index contributed by atoms with van der Waals surface area (Å²) in [6.45, 7) is -3.41. The molecule has 0 saturated heterocycles. The summed E-state index contributed by atoms with van der Waals surface area (Å²) in [5, 5.41) is 6.44. The van der Waals surface area contributed by atoms with Gasteiger partial charge in [0, 0.05) is 24.5 Å². The van der Waals surface area contributed by atoms with Crippen LogP contribution in [-0.4, -0.2) is 24.6 Å². The van der Waals surface area contributed by atoms with Crippen molar-refractivity contribution in [2.75, 3.05) is 7.05 Å². The van der Waals surface area contributed by atoms with E-state index in [0.29, 0.717) is 0 Å². The molecule has 5 nitrogen and oxygen atoms in total. The molecule has 0 radical (unpaired) electrons. The number of hydrogen-bond donors (Lipinski definition) is 2. The van der Waals surface area contributed by atoms with Gasteiger partial charge in [0.25, 0.3) is 0 Å². The second kappa shape index (κ2) is 10.7. The Labute approximate surface area is 177 Å². The normalized spacial score (nSPS) is 11.9. The molecule has 0 spiro atoms. The molecule has 0 aliphatic carbocycles. The third-order valence-corrected chi connectivity index (χ3v) is 4.05. The van der Waals surface area contributed by atoms with E-state index in [9.17, 15) is 26.3 Å². The molecule has 2 aromatic rings. The number of halogens is 7. The summed E-state index contributed by atoms with van der Waals surface area (Å²) in [6.07, 6.45) is -4.53. The van der Waals surface area contributed by atoms with Gasteiger partial charge < -0.3 is 15.4 Å². The zero-order valence-electron chi connectivity index (χ0n) is 14.2. The molecular weight excluding hydrogens is 525 g/mol. The van der Waals surface area contributed by atoms with E-state index in [4.69, 9.17) is 0 Å². The van der Waals surface area contributed by atoms with Crippen LogP contribution in [-0.2, 0) is 19.3 Å². The molecule has 2 N–H and O–H groups in total. The molecule has 1 heterocycles. The molecule has 0 atom stereocenters. The fraction of sp³-hybridized carbons (Fsp3) is 0.333. The Kier molecular flexibility index (Phi) is 9.26. The minimum atomic E-state index is -4.53. The maximum atomic E-state index is 13.9. The molecule has 28 heavy (non-hydrogen) atoms. The van der Waals surface area contributed by atoms with Gasteiger partial charge in [0.1, 0.15) is 16.6 Å². The number of hydrogen-bond acceptors (Lipinski definition) is 4. The summed E-state index contributed by atoms with van der Waals surface area (Å²) in [5.41, 5.74) is -1.14. The summed E-state index contributed by atoms with van der Waals surface area (Å²) in [5.74, 6) is -0.974. The maximum absolute atomic E-state index is 13.9. The van der Waals surface area contributed by atoms with E-state index in [1.165, 1.54) is 19.2 Å². The average molecular weight is 540 g/mol. The molecule has 0 saturated carbocycles. The van der Waals surface area contributed by atoms with Crippen LogP contribution in [0.2, 0.25) is 0 Å². The zero-order chi connectivity index (χ0) is 20.0. The predicted octanol–water partition coefficient (Wildman–Crippen LogP) is 4.39. The van der Waals surface area contributed by atoms with E-state index in [0.717, 1.165) is 22.8 Å². The first-order valence-corrected chi connectivity index (χ1v) is 8.27. The van der Waals surface area contributed by atoms with E-state index in [-0.39, 0.29) is 59.3 Å². The number of guanidine groups is 1. The van der Waals surface area contributed by atoms with Crippen LogP contribution in [0.3, 0.4) is 0 Å². The monoisotopic (exact) mass is 540 g/mol. The first-order chi connectivity index (χ1) is 12.7. The van der Waals surface area contributed by atoms with Crippen molar-refractivity contribution in [3.63, 3.8) is 0 Å². The third-order valence-electron chi connectivity index (χ3n) is 3.20. The van der Waals surface area contributed by atoms with E-state index in [1.807, 2.05) is 0 Å². The number of benzene rings is 1. The lowest BCUT2D eigenvalue weighted by atomic mass is 10.2. The Morgan fingerprint density at radius 1 is 1.25 bits per heavy atom. The number of aromatic nitrogens is 1. The number of alkyl halides is 5. The van der Waals surface area contributed by atoms with Gasteiger partial charge in [0.2, 0.25) is 0 Å². The molecule has 1 aromatic heterocycles. The number of nitrogens with zero attached hydrogens (tertiary/aromatic N) is 2. The fourth-order valence-electron chi connectivity index (χ4n) is 1.99. The molecule has 13 heteroatoms. The predicted molar refractivity (Wildman–Crippen MR) is 103 cm³/mol. The Morgan fingerprint density at radius 3 is 2.50 bits per heavy atom. The third kappa shape index (κ3) is 7.00.